The summed E-state index contributed by atoms with van der Waals surface area (Å²) in [6.45, 7) is 0.924. The zero-order valence-corrected chi connectivity index (χ0v) is 9.52. The summed E-state index contributed by atoms with van der Waals surface area (Å²) in [5.74, 6) is 2.06. The molecular weight excluding hydrogens is 204 g/mol. The van der Waals surface area contributed by atoms with Gasteiger partial charge in [0.1, 0.15) is 12.1 Å². The predicted molar refractivity (Wildman–Crippen MR) is 62.4 cm³/mol. The van der Waals surface area contributed by atoms with Crippen molar-refractivity contribution in [1.82, 2.24) is 9.97 Å². The van der Waals surface area contributed by atoms with Gasteiger partial charge in [0.05, 0.1) is 7.11 Å². The van der Waals surface area contributed by atoms with Gasteiger partial charge in [0.25, 0.3) is 0 Å². The van der Waals surface area contributed by atoms with Gasteiger partial charge in [-0.05, 0) is 25.2 Å². The van der Waals surface area contributed by atoms with Crippen LogP contribution in [0.4, 0.5) is 5.82 Å². The van der Waals surface area contributed by atoms with E-state index in [0.29, 0.717) is 17.8 Å². The van der Waals surface area contributed by atoms with Crippen molar-refractivity contribution in [1.29, 1.82) is 0 Å². The third-order valence-corrected chi connectivity index (χ3v) is 3.00. The third-order valence-electron chi connectivity index (χ3n) is 3.00. The molecule has 0 radical (unpaired) electrons. The van der Waals surface area contributed by atoms with Crippen molar-refractivity contribution in [3.63, 3.8) is 0 Å². The molecule has 5 heteroatoms. The zero-order chi connectivity index (χ0) is 11.4. The summed E-state index contributed by atoms with van der Waals surface area (Å²) in [5, 5.41) is 3.30. The van der Waals surface area contributed by atoms with E-state index in [1.165, 1.54) is 12.7 Å². The van der Waals surface area contributed by atoms with Crippen molar-refractivity contribution in [2.24, 2.45) is 11.7 Å². The fourth-order valence-electron chi connectivity index (χ4n) is 2.10. The number of anilines is 1. The molecule has 1 aromatic heterocycles. The second-order valence-electron chi connectivity index (χ2n) is 4.27. The van der Waals surface area contributed by atoms with Gasteiger partial charge in [0.15, 0.2) is 0 Å². The standard InChI is InChI=1S/C11H18N4O/c1-16-11-5-10(14-7-15-11)13-6-8-2-3-9(12)4-8/h5,7-9H,2-4,6,12H2,1H3,(H,13,14,15). The highest BCUT2D eigenvalue weighted by molar-refractivity contribution is 5.36. The quantitative estimate of drug-likeness (QED) is 0.795. The highest BCUT2D eigenvalue weighted by Crippen LogP contribution is 2.24. The van der Waals surface area contributed by atoms with Crippen molar-refractivity contribution in [3.8, 4) is 5.88 Å². The van der Waals surface area contributed by atoms with Crippen LogP contribution in [0.1, 0.15) is 19.3 Å². The summed E-state index contributed by atoms with van der Waals surface area (Å²) < 4.78 is 5.03. The molecule has 0 aliphatic heterocycles. The summed E-state index contributed by atoms with van der Waals surface area (Å²) in [5.41, 5.74) is 5.87. The molecule has 0 amide bonds. The molecule has 88 valence electrons. The van der Waals surface area contributed by atoms with Gasteiger partial charge in [-0.2, -0.15) is 0 Å². The Morgan fingerprint density at radius 3 is 3.06 bits per heavy atom. The molecule has 2 rings (SSSR count). The van der Waals surface area contributed by atoms with Crippen molar-refractivity contribution >= 4 is 5.82 Å². The lowest BCUT2D eigenvalue weighted by Gasteiger charge is -2.11. The molecule has 0 spiro atoms. The number of aromatic nitrogens is 2. The molecule has 0 bridgehead atoms. The van der Waals surface area contributed by atoms with Crippen LogP contribution in [-0.4, -0.2) is 29.7 Å². The number of nitrogens with one attached hydrogen (secondary N) is 1. The number of rotatable bonds is 4. The molecule has 2 atom stereocenters. The van der Waals surface area contributed by atoms with Crippen molar-refractivity contribution in [3.05, 3.63) is 12.4 Å². The molecule has 1 saturated carbocycles. The Morgan fingerprint density at radius 1 is 1.50 bits per heavy atom. The van der Waals surface area contributed by atoms with Crippen LogP contribution in [0.15, 0.2) is 12.4 Å². The fourth-order valence-corrected chi connectivity index (χ4v) is 2.10. The Hall–Kier alpha value is -1.36. The second kappa shape index (κ2) is 5.12. The van der Waals surface area contributed by atoms with Gasteiger partial charge in [-0.3, -0.25) is 0 Å². The smallest absolute Gasteiger partial charge is 0.218 e. The minimum atomic E-state index is 0.381. The maximum Gasteiger partial charge on any atom is 0.218 e. The van der Waals surface area contributed by atoms with Gasteiger partial charge in [0.2, 0.25) is 5.88 Å². The van der Waals surface area contributed by atoms with E-state index in [1.807, 2.05) is 0 Å². The van der Waals surface area contributed by atoms with Gasteiger partial charge in [-0.25, -0.2) is 9.97 Å². The SMILES string of the molecule is COc1cc(NCC2CCC(N)C2)ncn1. The van der Waals surface area contributed by atoms with Crippen LogP contribution in [0.25, 0.3) is 0 Å². The first-order chi connectivity index (χ1) is 7.78. The van der Waals surface area contributed by atoms with Gasteiger partial charge in [-0.1, -0.05) is 0 Å². The largest absolute Gasteiger partial charge is 0.481 e. The van der Waals surface area contributed by atoms with Crippen LogP contribution in [0.2, 0.25) is 0 Å². The molecule has 0 aromatic carbocycles. The molecule has 1 aromatic rings. The van der Waals surface area contributed by atoms with Crippen LogP contribution in [-0.2, 0) is 0 Å². The molecule has 5 nitrogen and oxygen atoms in total. The summed E-state index contributed by atoms with van der Waals surface area (Å²) in [6, 6.07) is 2.18. The van der Waals surface area contributed by atoms with Crippen LogP contribution < -0.4 is 15.8 Å². The molecule has 1 fully saturated rings. The lowest BCUT2D eigenvalue weighted by Crippen LogP contribution is -2.18. The number of nitrogens with zero attached hydrogens (tertiary/aromatic N) is 2. The summed E-state index contributed by atoms with van der Waals surface area (Å²) in [6.07, 6.45) is 4.95. The molecule has 2 unspecified atom stereocenters. The Labute approximate surface area is 95.4 Å². The minimum Gasteiger partial charge on any atom is -0.481 e. The molecular formula is C11H18N4O. The van der Waals surface area contributed by atoms with Gasteiger partial charge in [-0.15, -0.1) is 0 Å². The first-order valence-corrected chi connectivity index (χ1v) is 5.63. The Balaban J connectivity index is 1.84. The summed E-state index contributed by atoms with van der Waals surface area (Å²) >= 11 is 0. The average Bonchev–Trinajstić information content (AvgIpc) is 2.73. The molecule has 3 N–H and O–H groups in total. The third kappa shape index (κ3) is 2.82. The zero-order valence-electron chi connectivity index (χ0n) is 9.52. The first-order valence-electron chi connectivity index (χ1n) is 5.63. The lowest BCUT2D eigenvalue weighted by molar-refractivity contribution is 0.397. The monoisotopic (exact) mass is 222 g/mol. The highest BCUT2D eigenvalue weighted by atomic mass is 16.5. The van der Waals surface area contributed by atoms with E-state index in [2.05, 4.69) is 15.3 Å². The van der Waals surface area contributed by atoms with Crippen molar-refractivity contribution in [2.45, 2.75) is 25.3 Å². The number of hydrogen-bond acceptors (Lipinski definition) is 5. The molecule has 16 heavy (non-hydrogen) atoms. The van der Waals surface area contributed by atoms with Crippen LogP contribution in [0.3, 0.4) is 0 Å². The minimum absolute atomic E-state index is 0.381. The van der Waals surface area contributed by atoms with Crippen molar-refractivity contribution in [2.75, 3.05) is 19.0 Å². The van der Waals surface area contributed by atoms with Gasteiger partial charge >= 0.3 is 0 Å². The summed E-state index contributed by atoms with van der Waals surface area (Å²) in [4.78, 5) is 8.09. The van der Waals surface area contributed by atoms with E-state index in [4.69, 9.17) is 10.5 Å². The van der Waals surface area contributed by atoms with E-state index in [-0.39, 0.29) is 0 Å². The van der Waals surface area contributed by atoms with E-state index in [0.717, 1.165) is 25.2 Å². The number of nitrogens with two attached hydrogens (primary N) is 1. The highest BCUT2D eigenvalue weighted by Gasteiger charge is 2.21. The maximum atomic E-state index is 5.87. The van der Waals surface area contributed by atoms with E-state index in [9.17, 15) is 0 Å². The van der Waals surface area contributed by atoms with Crippen LogP contribution in [0, 0.1) is 5.92 Å². The molecule has 1 heterocycles. The molecule has 1 aliphatic carbocycles. The number of hydrogen-bond donors (Lipinski definition) is 2. The predicted octanol–water partition coefficient (Wildman–Crippen LogP) is 1.02. The van der Waals surface area contributed by atoms with Crippen LogP contribution in [0.5, 0.6) is 5.88 Å². The topological polar surface area (TPSA) is 73.1 Å². The van der Waals surface area contributed by atoms with E-state index >= 15 is 0 Å². The normalized spacial score (nSPS) is 24.4. The Bertz CT molecular complexity index is 345. The molecule has 1 aliphatic rings. The van der Waals surface area contributed by atoms with Crippen molar-refractivity contribution < 1.29 is 4.74 Å². The fraction of sp³-hybridized carbons (Fsp3) is 0.636. The maximum absolute atomic E-state index is 5.87. The summed E-state index contributed by atoms with van der Waals surface area (Å²) in [7, 11) is 1.60. The van der Waals surface area contributed by atoms with E-state index < -0.39 is 0 Å². The average molecular weight is 222 g/mol. The number of methoxy groups -OCH3 is 1. The Kier molecular flexibility index (Phi) is 3.56. The second-order valence-corrected chi connectivity index (χ2v) is 4.27. The van der Waals surface area contributed by atoms with E-state index in [1.54, 1.807) is 13.2 Å². The van der Waals surface area contributed by atoms with Gasteiger partial charge in [0, 0.05) is 18.7 Å². The lowest BCUT2D eigenvalue weighted by atomic mass is 10.1. The van der Waals surface area contributed by atoms with Gasteiger partial charge < -0.3 is 15.8 Å². The number of ether oxygens (including phenoxy) is 1. The van der Waals surface area contributed by atoms with Crippen LogP contribution >= 0.6 is 0 Å². The molecule has 0 saturated heterocycles. The Morgan fingerprint density at radius 2 is 2.38 bits per heavy atom. The first kappa shape index (κ1) is 11.1.